The third kappa shape index (κ3) is 8.52. The number of hydrogen-bond acceptors (Lipinski definition) is 4. The number of benzene rings is 1. The smallest absolute Gasteiger partial charge is 0.408 e. The second-order valence-electron chi connectivity index (χ2n) is 7.18. The molecule has 6 nitrogen and oxygen atoms in total. The first-order chi connectivity index (χ1) is 12.3. The van der Waals surface area contributed by atoms with Gasteiger partial charge in [-0.2, -0.15) is 5.26 Å². The molecular formula is C20H29N3O3. The van der Waals surface area contributed by atoms with Gasteiger partial charge in [-0.15, -0.1) is 0 Å². The van der Waals surface area contributed by atoms with E-state index >= 15 is 0 Å². The van der Waals surface area contributed by atoms with E-state index in [0.29, 0.717) is 19.4 Å². The Labute approximate surface area is 155 Å². The summed E-state index contributed by atoms with van der Waals surface area (Å²) < 4.78 is 5.32. The van der Waals surface area contributed by atoms with Crippen LogP contribution in [0.15, 0.2) is 30.3 Å². The van der Waals surface area contributed by atoms with Gasteiger partial charge < -0.3 is 15.4 Å². The fourth-order valence-corrected chi connectivity index (χ4v) is 2.46. The van der Waals surface area contributed by atoms with Crippen LogP contribution in [-0.4, -0.2) is 24.1 Å². The molecule has 0 aliphatic heterocycles. The zero-order valence-corrected chi connectivity index (χ0v) is 16.0. The summed E-state index contributed by atoms with van der Waals surface area (Å²) in [6.45, 7) is 8.18. The van der Waals surface area contributed by atoms with Crippen molar-refractivity contribution in [2.24, 2.45) is 11.8 Å². The molecule has 0 radical (unpaired) electrons. The van der Waals surface area contributed by atoms with Crippen molar-refractivity contribution >= 4 is 12.0 Å². The van der Waals surface area contributed by atoms with Crippen molar-refractivity contribution in [3.63, 3.8) is 0 Å². The molecule has 2 N–H and O–H groups in total. The molecule has 0 aliphatic rings. The number of carbonyl (C=O) groups is 2. The van der Waals surface area contributed by atoms with Gasteiger partial charge in [-0.1, -0.05) is 58.0 Å². The van der Waals surface area contributed by atoms with E-state index < -0.39 is 24.1 Å². The molecule has 1 rings (SSSR count). The van der Waals surface area contributed by atoms with E-state index in [4.69, 9.17) is 4.74 Å². The summed E-state index contributed by atoms with van der Waals surface area (Å²) >= 11 is 0. The maximum atomic E-state index is 12.5. The van der Waals surface area contributed by atoms with Gasteiger partial charge in [-0.05, 0) is 30.2 Å². The third-order valence-electron chi connectivity index (χ3n) is 3.69. The topological polar surface area (TPSA) is 91.2 Å². The lowest BCUT2D eigenvalue weighted by atomic mass is 10.0. The first-order valence-electron chi connectivity index (χ1n) is 9.00. The highest BCUT2D eigenvalue weighted by Crippen LogP contribution is 2.11. The molecule has 6 heteroatoms. The molecular weight excluding hydrogens is 330 g/mol. The number of nitrogens with zero attached hydrogens (tertiary/aromatic N) is 1. The Bertz CT molecular complexity index is 608. The molecule has 0 bridgehead atoms. The minimum atomic E-state index is -0.922. The number of amides is 2. The summed E-state index contributed by atoms with van der Waals surface area (Å²) in [4.78, 5) is 24.5. The molecule has 26 heavy (non-hydrogen) atoms. The van der Waals surface area contributed by atoms with E-state index in [1.165, 1.54) is 0 Å². The number of nitriles is 1. The van der Waals surface area contributed by atoms with Crippen molar-refractivity contribution in [2.75, 3.05) is 0 Å². The Morgan fingerprint density at radius 2 is 1.69 bits per heavy atom. The molecule has 0 aromatic heterocycles. The fraction of sp³-hybridized carbons (Fsp3) is 0.550. The van der Waals surface area contributed by atoms with Gasteiger partial charge in [0.1, 0.15) is 6.04 Å². The molecule has 2 atom stereocenters. The van der Waals surface area contributed by atoms with Crippen molar-refractivity contribution < 1.29 is 14.3 Å². The average molecular weight is 359 g/mol. The van der Waals surface area contributed by atoms with E-state index in [2.05, 4.69) is 16.7 Å². The highest BCUT2D eigenvalue weighted by Gasteiger charge is 2.26. The standard InChI is InChI=1S/C20H29N3O3/c1-14(2)10-17(12-21)23-19(24)18(11-15(3)4)26-20(25)22-13-16-8-6-5-7-9-16/h5-9,14-15,17-18H,10-11,13H2,1-4H3,(H,22,25)(H,23,24). The van der Waals surface area contributed by atoms with Crippen LogP contribution in [0, 0.1) is 23.2 Å². The van der Waals surface area contributed by atoms with E-state index in [-0.39, 0.29) is 11.8 Å². The number of carbonyl (C=O) groups excluding carboxylic acids is 2. The summed E-state index contributed by atoms with van der Waals surface area (Å²) in [5, 5.41) is 14.5. The van der Waals surface area contributed by atoms with Crippen LogP contribution in [0.4, 0.5) is 4.79 Å². The predicted molar refractivity (Wildman–Crippen MR) is 100 cm³/mol. The molecule has 0 fully saturated rings. The van der Waals surface area contributed by atoms with E-state index in [9.17, 15) is 14.9 Å². The number of nitrogens with one attached hydrogen (secondary N) is 2. The molecule has 1 aromatic carbocycles. The van der Waals surface area contributed by atoms with Gasteiger partial charge in [0, 0.05) is 6.54 Å². The van der Waals surface area contributed by atoms with Crippen LogP contribution in [0.25, 0.3) is 0 Å². The summed E-state index contributed by atoms with van der Waals surface area (Å²) in [7, 11) is 0. The maximum absolute atomic E-state index is 12.5. The molecule has 0 saturated heterocycles. The van der Waals surface area contributed by atoms with Gasteiger partial charge in [0.15, 0.2) is 6.10 Å². The molecule has 2 amide bonds. The van der Waals surface area contributed by atoms with E-state index in [1.54, 1.807) is 0 Å². The molecule has 0 heterocycles. The summed E-state index contributed by atoms with van der Waals surface area (Å²) in [6.07, 6.45) is -0.623. The summed E-state index contributed by atoms with van der Waals surface area (Å²) in [5.74, 6) is 0.0117. The lowest BCUT2D eigenvalue weighted by Gasteiger charge is -2.21. The van der Waals surface area contributed by atoms with Gasteiger partial charge in [-0.3, -0.25) is 4.79 Å². The number of rotatable bonds is 9. The Morgan fingerprint density at radius 1 is 1.08 bits per heavy atom. The fourth-order valence-electron chi connectivity index (χ4n) is 2.46. The van der Waals surface area contributed by atoms with E-state index in [0.717, 1.165) is 5.56 Å². The van der Waals surface area contributed by atoms with Crippen molar-refractivity contribution in [3.05, 3.63) is 35.9 Å². The quantitative estimate of drug-likeness (QED) is 0.707. The van der Waals surface area contributed by atoms with Crippen LogP contribution in [0.3, 0.4) is 0 Å². The SMILES string of the molecule is CC(C)CC(C#N)NC(=O)C(CC(C)C)OC(=O)NCc1ccccc1. The van der Waals surface area contributed by atoms with Gasteiger partial charge in [-0.25, -0.2) is 4.79 Å². The number of ether oxygens (including phenoxy) is 1. The zero-order chi connectivity index (χ0) is 19.5. The zero-order valence-electron chi connectivity index (χ0n) is 16.0. The Kier molecular flexibility index (Phi) is 9.21. The minimum absolute atomic E-state index is 0.165. The second-order valence-corrected chi connectivity index (χ2v) is 7.18. The maximum Gasteiger partial charge on any atom is 0.408 e. The minimum Gasteiger partial charge on any atom is -0.436 e. The second kappa shape index (κ2) is 11.1. The largest absolute Gasteiger partial charge is 0.436 e. The van der Waals surface area contributed by atoms with Crippen LogP contribution >= 0.6 is 0 Å². The first kappa shape index (κ1) is 21.5. The summed E-state index contributed by atoms with van der Waals surface area (Å²) in [5.41, 5.74) is 0.941. The first-order valence-corrected chi connectivity index (χ1v) is 9.00. The van der Waals surface area contributed by atoms with Crippen LogP contribution < -0.4 is 10.6 Å². The lowest BCUT2D eigenvalue weighted by Crippen LogP contribution is -2.45. The Morgan fingerprint density at radius 3 is 2.23 bits per heavy atom. The Balaban J connectivity index is 2.62. The monoisotopic (exact) mass is 359 g/mol. The van der Waals surface area contributed by atoms with Gasteiger partial charge in [0.05, 0.1) is 6.07 Å². The molecule has 0 saturated carbocycles. The highest BCUT2D eigenvalue weighted by atomic mass is 16.6. The highest BCUT2D eigenvalue weighted by molar-refractivity contribution is 5.83. The number of alkyl carbamates (subject to hydrolysis) is 1. The van der Waals surface area contributed by atoms with Crippen molar-refractivity contribution in [1.82, 2.24) is 10.6 Å². The van der Waals surface area contributed by atoms with Crippen molar-refractivity contribution in [2.45, 2.75) is 59.2 Å². The van der Waals surface area contributed by atoms with Crippen LogP contribution in [-0.2, 0) is 16.1 Å². The van der Waals surface area contributed by atoms with Gasteiger partial charge >= 0.3 is 6.09 Å². The predicted octanol–water partition coefficient (Wildman–Crippen LogP) is 3.38. The molecule has 0 spiro atoms. The molecule has 1 aromatic rings. The lowest BCUT2D eigenvalue weighted by molar-refractivity contribution is -0.130. The van der Waals surface area contributed by atoms with E-state index in [1.807, 2.05) is 58.0 Å². The molecule has 142 valence electrons. The van der Waals surface area contributed by atoms with Crippen LogP contribution in [0.2, 0.25) is 0 Å². The molecule has 0 aliphatic carbocycles. The van der Waals surface area contributed by atoms with Crippen LogP contribution in [0.5, 0.6) is 0 Å². The summed E-state index contributed by atoms with van der Waals surface area (Å²) in [6, 6.07) is 10.9. The van der Waals surface area contributed by atoms with Gasteiger partial charge in [0.25, 0.3) is 5.91 Å². The average Bonchev–Trinajstić information content (AvgIpc) is 2.58. The van der Waals surface area contributed by atoms with Gasteiger partial charge in [0.2, 0.25) is 0 Å². The van der Waals surface area contributed by atoms with Crippen molar-refractivity contribution in [1.29, 1.82) is 5.26 Å². The molecule has 2 unspecified atom stereocenters. The normalized spacial score (nSPS) is 13.0. The van der Waals surface area contributed by atoms with Crippen molar-refractivity contribution in [3.8, 4) is 6.07 Å². The Hall–Kier alpha value is -2.55. The number of hydrogen-bond donors (Lipinski definition) is 2. The van der Waals surface area contributed by atoms with Crippen LogP contribution in [0.1, 0.15) is 46.1 Å². The third-order valence-corrected chi connectivity index (χ3v) is 3.69.